The highest BCUT2D eigenvalue weighted by Gasteiger charge is 2.21. The predicted octanol–water partition coefficient (Wildman–Crippen LogP) is 2.05. The van der Waals surface area contributed by atoms with Crippen LogP contribution in [0.1, 0.15) is 35.0 Å². The first-order valence-corrected chi connectivity index (χ1v) is 10.6. The normalized spacial score (nSPS) is 11.6. The molecule has 0 fully saturated rings. The van der Waals surface area contributed by atoms with Crippen molar-refractivity contribution in [2.24, 2.45) is 0 Å². The first-order valence-electron chi connectivity index (χ1n) is 9.14. The molecule has 0 aliphatic rings. The summed E-state index contributed by atoms with van der Waals surface area (Å²) < 4.78 is 26.5. The molecule has 0 atom stereocenters. The Balaban J connectivity index is 1.95. The molecular weight excluding hydrogens is 392 g/mol. The molecule has 9 heteroatoms. The van der Waals surface area contributed by atoms with Crippen molar-refractivity contribution in [3.63, 3.8) is 0 Å². The van der Waals surface area contributed by atoms with E-state index in [1.54, 1.807) is 50.2 Å². The number of nitrogens with one attached hydrogen (secondary N) is 2. The van der Waals surface area contributed by atoms with Crippen LogP contribution in [0, 0.1) is 13.8 Å². The third-order valence-electron chi connectivity index (χ3n) is 4.45. The van der Waals surface area contributed by atoms with Crippen LogP contribution in [0.4, 0.5) is 0 Å². The van der Waals surface area contributed by atoms with Crippen LogP contribution in [-0.4, -0.2) is 24.1 Å². The van der Waals surface area contributed by atoms with E-state index in [1.807, 2.05) is 6.92 Å². The summed E-state index contributed by atoms with van der Waals surface area (Å²) in [5.41, 5.74) is 3.22. The largest absolute Gasteiger partial charge is 0.287 e. The molecule has 2 N–H and O–H groups in total. The summed E-state index contributed by atoms with van der Waals surface area (Å²) in [6.07, 6.45) is 0.658. The zero-order valence-corrected chi connectivity index (χ0v) is 17.2. The molecule has 0 radical (unpaired) electrons. The molecule has 8 nitrogen and oxygen atoms in total. The van der Waals surface area contributed by atoms with Gasteiger partial charge in [-0.2, -0.15) is 5.10 Å². The van der Waals surface area contributed by atoms with Crippen molar-refractivity contribution in [2.45, 2.75) is 38.6 Å². The van der Waals surface area contributed by atoms with Gasteiger partial charge in [-0.05, 0) is 43.5 Å². The Labute approximate surface area is 168 Å². The van der Waals surface area contributed by atoms with Gasteiger partial charge in [0.2, 0.25) is 0 Å². The molecule has 152 valence electrons. The minimum absolute atomic E-state index is 0.0303. The van der Waals surface area contributed by atoms with Crippen LogP contribution in [0.15, 0.2) is 52.2 Å². The highest BCUT2D eigenvalue weighted by molar-refractivity contribution is 7.89. The van der Waals surface area contributed by atoms with Crippen molar-refractivity contribution in [3.8, 4) is 0 Å². The Hall–Kier alpha value is -3.04. The first-order chi connectivity index (χ1) is 13.7. The summed E-state index contributed by atoms with van der Waals surface area (Å²) in [7, 11) is -3.98. The summed E-state index contributed by atoms with van der Waals surface area (Å²) in [6, 6.07) is 11.6. The Morgan fingerprint density at radius 1 is 1.10 bits per heavy atom. The quantitative estimate of drug-likeness (QED) is 0.600. The molecule has 3 rings (SSSR count). The van der Waals surface area contributed by atoms with E-state index >= 15 is 0 Å². The van der Waals surface area contributed by atoms with Gasteiger partial charge in [-0.15, -0.1) is 4.83 Å². The molecule has 0 unspecified atom stereocenters. The third kappa shape index (κ3) is 4.20. The number of aromatic nitrogens is 2. The summed E-state index contributed by atoms with van der Waals surface area (Å²) in [5, 5.41) is 4.85. The highest BCUT2D eigenvalue weighted by Crippen LogP contribution is 2.17. The van der Waals surface area contributed by atoms with Gasteiger partial charge in [-0.1, -0.05) is 37.3 Å². The monoisotopic (exact) mass is 414 g/mol. The number of benzene rings is 2. The second-order valence-electron chi connectivity index (χ2n) is 6.75. The van der Waals surface area contributed by atoms with E-state index in [-0.39, 0.29) is 16.1 Å². The fourth-order valence-electron chi connectivity index (χ4n) is 2.99. The van der Waals surface area contributed by atoms with E-state index in [0.717, 1.165) is 5.56 Å². The molecule has 0 saturated heterocycles. The van der Waals surface area contributed by atoms with Gasteiger partial charge in [0.05, 0.1) is 10.3 Å². The van der Waals surface area contributed by atoms with Gasteiger partial charge in [0.1, 0.15) is 0 Å². The van der Waals surface area contributed by atoms with Gasteiger partial charge >= 0.3 is 0 Å². The molecule has 0 saturated carbocycles. The molecule has 0 aliphatic heterocycles. The zero-order valence-electron chi connectivity index (χ0n) is 16.4. The lowest BCUT2D eigenvalue weighted by Crippen LogP contribution is -2.43. The SMILES string of the molecule is CCCn1nc(C(=O)NNS(=O)(=O)c2cc(C)ccc2C)c2ccccc2c1=O. The second-order valence-corrected chi connectivity index (χ2v) is 8.40. The molecule has 2 aromatic carbocycles. The Morgan fingerprint density at radius 3 is 2.48 bits per heavy atom. The van der Waals surface area contributed by atoms with Gasteiger partial charge in [0.25, 0.3) is 21.5 Å². The van der Waals surface area contributed by atoms with Gasteiger partial charge in [0.15, 0.2) is 5.69 Å². The van der Waals surface area contributed by atoms with E-state index in [9.17, 15) is 18.0 Å². The summed E-state index contributed by atoms with van der Waals surface area (Å²) in [4.78, 5) is 27.5. The van der Waals surface area contributed by atoms with Crippen LogP contribution < -0.4 is 15.8 Å². The van der Waals surface area contributed by atoms with E-state index in [2.05, 4.69) is 15.4 Å². The van der Waals surface area contributed by atoms with Crippen LogP contribution in [0.2, 0.25) is 0 Å². The molecule has 29 heavy (non-hydrogen) atoms. The lowest BCUT2D eigenvalue weighted by atomic mass is 10.1. The smallest absolute Gasteiger partial charge is 0.272 e. The van der Waals surface area contributed by atoms with Gasteiger partial charge < -0.3 is 0 Å². The van der Waals surface area contributed by atoms with Crippen molar-refractivity contribution in [3.05, 3.63) is 69.6 Å². The van der Waals surface area contributed by atoms with Crippen LogP contribution in [0.25, 0.3) is 10.8 Å². The molecule has 0 spiro atoms. The second kappa shape index (κ2) is 8.14. The fourth-order valence-corrected chi connectivity index (χ4v) is 4.16. The lowest BCUT2D eigenvalue weighted by Gasteiger charge is -2.13. The van der Waals surface area contributed by atoms with Crippen molar-refractivity contribution in [1.82, 2.24) is 20.0 Å². The Bertz CT molecular complexity index is 1250. The van der Waals surface area contributed by atoms with Crippen LogP contribution in [0.5, 0.6) is 0 Å². The highest BCUT2D eigenvalue weighted by atomic mass is 32.2. The van der Waals surface area contributed by atoms with Crippen LogP contribution >= 0.6 is 0 Å². The van der Waals surface area contributed by atoms with Crippen LogP contribution in [-0.2, 0) is 16.6 Å². The molecule has 0 aliphatic carbocycles. The zero-order chi connectivity index (χ0) is 21.2. The maximum absolute atomic E-state index is 12.7. The molecule has 1 heterocycles. The number of rotatable bonds is 6. The van der Waals surface area contributed by atoms with Gasteiger partial charge in [0, 0.05) is 11.9 Å². The number of sulfonamides is 1. The van der Waals surface area contributed by atoms with E-state index in [0.29, 0.717) is 29.3 Å². The maximum Gasteiger partial charge on any atom is 0.287 e. The topological polar surface area (TPSA) is 110 Å². The molecule has 1 aromatic heterocycles. The van der Waals surface area contributed by atoms with Gasteiger partial charge in [-0.25, -0.2) is 13.1 Å². The van der Waals surface area contributed by atoms with Crippen LogP contribution in [0.3, 0.4) is 0 Å². The fraction of sp³-hybridized carbons (Fsp3) is 0.250. The number of carbonyl (C=O) groups excluding carboxylic acids is 1. The predicted molar refractivity (Wildman–Crippen MR) is 110 cm³/mol. The third-order valence-corrected chi connectivity index (χ3v) is 5.84. The average molecular weight is 414 g/mol. The number of amides is 1. The molecule has 0 bridgehead atoms. The Morgan fingerprint density at radius 2 is 1.79 bits per heavy atom. The number of aryl methyl sites for hydroxylation is 3. The van der Waals surface area contributed by atoms with Crippen molar-refractivity contribution < 1.29 is 13.2 Å². The van der Waals surface area contributed by atoms with Crippen molar-refractivity contribution in [1.29, 1.82) is 0 Å². The number of fused-ring (bicyclic) bond motifs is 1. The molecular formula is C20H22N4O4S. The number of hydrazine groups is 1. The standard InChI is InChI=1S/C20H22N4O4S/c1-4-11-24-20(26)16-8-6-5-7-15(16)18(22-24)19(25)21-23-29(27,28)17-12-13(2)9-10-14(17)3/h5-10,12,23H,4,11H2,1-3H3,(H,21,25). The molecule has 3 aromatic rings. The lowest BCUT2D eigenvalue weighted by molar-refractivity contribution is 0.0939. The maximum atomic E-state index is 12.7. The minimum Gasteiger partial charge on any atom is -0.272 e. The Kier molecular flexibility index (Phi) is 5.81. The number of carbonyl (C=O) groups is 1. The number of nitrogens with zero attached hydrogens (tertiary/aromatic N) is 2. The van der Waals surface area contributed by atoms with E-state index in [4.69, 9.17) is 0 Å². The number of hydrogen-bond acceptors (Lipinski definition) is 5. The molecule has 1 amide bonds. The van der Waals surface area contributed by atoms with Gasteiger partial charge in [-0.3, -0.25) is 15.0 Å². The van der Waals surface area contributed by atoms with Crippen molar-refractivity contribution in [2.75, 3.05) is 0 Å². The summed E-state index contributed by atoms with van der Waals surface area (Å²) in [5.74, 6) is -0.750. The van der Waals surface area contributed by atoms with E-state index < -0.39 is 15.9 Å². The minimum atomic E-state index is -3.98. The number of hydrogen-bond donors (Lipinski definition) is 2. The summed E-state index contributed by atoms with van der Waals surface area (Å²) in [6.45, 7) is 5.69. The first kappa shape index (κ1) is 20.7. The summed E-state index contributed by atoms with van der Waals surface area (Å²) >= 11 is 0. The van der Waals surface area contributed by atoms with E-state index in [1.165, 1.54) is 10.7 Å². The average Bonchev–Trinajstić information content (AvgIpc) is 2.70. The van der Waals surface area contributed by atoms with Crippen molar-refractivity contribution >= 4 is 26.7 Å².